The van der Waals surface area contributed by atoms with E-state index in [9.17, 15) is 24.6 Å². The zero-order valence-corrected chi connectivity index (χ0v) is 11.2. The number of nitrogens with one attached hydrogen (secondary N) is 2. The fourth-order valence-corrected chi connectivity index (χ4v) is 3.02. The van der Waals surface area contributed by atoms with Crippen molar-refractivity contribution >= 4 is 21.7 Å². The molecule has 1 aliphatic rings. The van der Waals surface area contributed by atoms with Crippen molar-refractivity contribution in [1.82, 2.24) is 14.5 Å². The number of hydrogen-bond donors (Lipinski definition) is 5. The lowest BCUT2D eigenvalue weighted by molar-refractivity contribution is -0.0530. The zero-order valence-electron chi connectivity index (χ0n) is 10.3. The Morgan fingerprint density at radius 2 is 1.90 bits per heavy atom. The maximum absolute atomic E-state index is 12.0. The molecular weight excluding hydrogens is 306 g/mol. The Bertz CT molecular complexity index is 849. The van der Waals surface area contributed by atoms with Gasteiger partial charge in [0.15, 0.2) is 6.23 Å². The topological polar surface area (TPSA) is 158 Å². The normalized spacial score (nSPS) is 29.3. The number of hydrogen-bond acceptors (Lipinski definition) is 8. The smallest absolute Gasteiger partial charge is 0.332 e. The summed E-state index contributed by atoms with van der Waals surface area (Å²) in [6, 6.07) is 0. The molecule has 11 heteroatoms. The molecule has 0 bridgehead atoms. The van der Waals surface area contributed by atoms with Crippen molar-refractivity contribution in [2.24, 2.45) is 0 Å². The molecule has 1 aliphatic heterocycles. The molecule has 21 heavy (non-hydrogen) atoms. The Morgan fingerprint density at radius 3 is 2.52 bits per heavy atom. The van der Waals surface area contributed by atoms with E-state index in [1.807, 2.05) is 4.98 Å². The van der Waals surface area contributed by atoms with Crippen LogP contribution in [0.2, 0.25) is 0 Å². The van der Waals surface area contributed by atoms with Crippen LogP contribution in [0.15, 0.2) is 14.4 Å². The first-order chi connectivity index (χ1) is 9.93. The van der Waals surface area contributed by atoms with E-state index in [0.717, 1.165) is 4.57 Å². The molecule has 5 N–H and O–H groups in total. The van der Waals surface area contributed by atoms with Crippen LogP contribution in [0.1, 0.15) is 6.23 Å². The fourth-order valence-electron chi connectivity index (χ4n) is 2.30. The van der Waals surface area contributed by atoms with Crippen LogP contribution in [0, 0.1) is 0 Å². The first-order valence-corrected chi connectivity index (χ1v) is 6.75. The van der Waals surface area contributed by atoms with Gasteiger partial charge in [-0.3, -0.25) is 19.6 Å². The van der Waals surface area contributed by atoms with E-state index >= 15 is 0 Å². The van der Waals surface area contributed by atoms with Gasteiger partial charge in [0.2, 0.25) is 0 Å². The van der Waals surface area contributed by atoms with Crippen molar-refractivity contribution in [2.45, 2.75) is 24.5 Å². The molecule has 0 amide bonds. The van der Waals surface area contributed by atoms with Crippen molar-refractivity contribution in [1.29, 1.82) is 0 Å². The highest BCUT2D eigenvalue weighted by Crippen LogP contribution is 2.29. The van der Waals surface area contributed by atoms with E-state index in [0.29, 0.717) is 11.3 Å². The number of fused-ring (bicyclic) bond motifs is 1. The van der Waals surface area contributed by atoms with Crippen LogP contribution in [-0.2, 0) is 4.74 Å². The van der Waals surface area contributed by atoms with E-state index < -0.39 is 47.3 Å². The second-order valence-corrected chi connectivity index (χ2v) is 5.53. The molecule has 0 spiro atoms. The maximum Gasteiger partial charge on any atom is 0.332 e. The number of aromatic nitrogens is 3. The van der Waals surface area contributed by atoms with Gasteiger partial charge in [-0.1, -0.05) is 11.3 Å². The Kier molecular flexibility index (Phi) is 3.30. The van der Waals surface area contributed by atoms with E-state index in [4.69, 9.17) is 9.84 Å². The molecule has 0 radical (unpaired) electrons. The highest BCUT2D eigenvalue weighted by molar-refractivity contribution is 7.16. The van der Waals surface area contributed by atoms with Gasteiger partial charge >= 0.3 is 10.6 Å². The summed E-state index contributed by atoms with van der Waals surface area (Å²) in [5.74, 6) is 0. The first kappa shape index (κ1) is 14.2. The zero-order chi connectivity index (χ0) is 15.3. The van der Waals surface area contributed by atoms with Gasteiger partial charge in [0, 0.05) is 0 Å². The predicted octanol–water partition coefficient (Wildman–Crippen LogP) is -2.95. The number of aliphatic hydroxyl groups excluding tert-OH is 3. The third-order valence-corrected chi connectivity index (χ3v) is 4.16. The summed E-state index contributed by atoms with van der Waals surface area (Å²) in [6.45, 7) is -0.559. The van der Waals surface area contributed by atoms with Crippen LogP contribution >= 0.6 is 11.3 Å². The Morgan fingerprint density at radius 1 is 1.19 bits per heavy atom. The number of nitrogens with zero attached hydrogens (tertiary/aromatic N) is 1. The van der Waals surface area contributed by atoms with Gasteiger partial charge in [-0.15, -0.1) is 0 Å². The molecule has 10 nitrogen and oxygen atoms in total. The molecule has 3 heterocycles. The summed E-state index contributed by atoms with van der Waals surface area (Å²) in [4.78, 5) is 38.8. The first-order valence-electron chi connectivity index (χ1n) is 5.94. The van der Waals surface area contributed by atoms with Crippen molar-refractivity contribution in [2.75, 3.05) is 6.61 Å². The highest BCUT2D eigenvalue weighted by Gasteiger charge is 2.44. The molecule has 1 unspecified atom stereocenters. The van der Waals surface area contributed by atoms with E-state index in [2.05, 4.69) is 4.98 Å². The second kappa shape index (κ2) is 4.89. The average molecular weight is 317 g/mol. The average Bonchev–Trinajstić information content (AvgIpc) is 2.94. The van der Waals surface area contributed by atoms with Crippen molar-refractivity contribution in [3.05, 3.63) is 30.5 Å². The van der Waals surface area contributed by atoms with Crippen LogP contribution in [0.4, 0.5) is 0 Å². The maximum atomic E-state index is 12.0. The minimum atomic E-state index is -1.50. The Labute approximate surface area is 118 Å². The lowest BCUT2D eigenvalue weighted by Gasteiger charge is -2.17. The summed E-state index contributed by atoms with van der Waals surface area (Å²) in [6.07, 6.45) is -5.32. The number of H-pyrrole nitrogens is 2. The van der Waals surface area contributed by atoms with Gasteiger partial charge in [0.1, 0.15) is 28.7 Å². The summed E-state index contributed by atoms with van der Waals surface area (Å²) >= 11 is 0.605. The fraction of sp³-hybridized carbons (Fsp3) is 0.500. The molecule has 2 aromatic rings. The van der Waals surface area contributed by atoms with Crippen molar-refractivity contribution < 1.29 is 20.1 Å². The quantitative estimate of drug-likeness (QED) is 0.396. The summed E-state index contributed by atoms with van der Waals surface area (Å²) < 4.78 is 6.05. The third kappa shape index (κ3) is 2.06. The molecule has 4 atom stereocenters. The number of aromatic amines is 2. The van der Waals surface area contributed by atoms with Crippen LogP contribution in [0.3, 0.4) is 0 Å². The molecule has 2 aromatic heterocycles. The minimum Gasteiger partial charge on any atom is -0.394 e. The van der Waals surface area contributed by atoms with Gasteiger partial charge in [-0.05, 0) is 0 Å². The lowest BCUT2D eigenvalue weighted by Crippen LogP contribution is -2.38. The Hall–Kier alpha value is -1.79. The monoisotopic (exact) mass is 317 g/mol. The summed E-state index contributed by atoms with van der Waals surface area (Å²) in [5, 5.41) is 28.7. The van der Waals surface area contributed by atoms with E-state index in [1.54, 1.807) is 0 Å². The van der Waals surface area contributed by atoms with E-state index in [1.165, 1.54) is 0 Å². The van der Waals surface area contributed by atoms with Gasteiger partial charge in [0.25, 0.3) is 5.56 Å². The molecular formula is C10H11N3O7S. The van der Waals surface area contributed by atoms with Gasteiger partial charge in [0.05, 0.1) is 6.61 Å². The molecule has 1 saturated heterocycles. The SMILES string of the molecule is O=c1[nH]c2c(s1)c(=O)[nH]c(=O)n2C1O[C@H](CO)[C@@H](O)[C@H]1O. The van der Waals surface area contributed by atoms with Crippen molar-refractivity contribution in [3.8, 4) is 0 Å². The number of thiazole rings is 1. The summed E-state index contributed by atoms with van der Waals surface area (Å²) in [5.41, 5.74) is -1.74. The van der Waals surface area contributed by atoms with E-state index in [-0.39, 0.29) is 10.3 Å². The van der Waals surface area contributed by atoms with Gasteiger partial charge in [-0.2, -0.15) is 0 Å². The lowest BCUT2D eigenvalue weighted by atomic mass is 10.1. The van der Waals surface area contributed by atoms with Crippen molar-refractivity contribution in [3.63, 3.8) is 0 Å². The number of aliphatic hydroxyl groups is 3. The molecule has 1 fully saturated rings. The van der Waals surface area contributed by atoms with Crippen LogP contribution < -0.4 is 16.1 Å². The standard InChI is InChI=1S/C10H11N3O7S/c14-1-2-3(15)4(16)8(20-2)13-6-5(21-10(19)11-6)7(17)12-9(13)18/h2-4,8,14-16H,1H2,(H,11,19)(H,12,17,18)/t2-,3-,4-,8?/m1/s1. The predicted molar refractivity (Wildman–Crippen MR) is 70.3 cm³/mol. The minimum absolute atomic E-state index is 0.0302. The number of ether oxygens (including phenoxy) is 1. The van der Waals surface area contributed by atoms with Gasteiger partial charge in [-0.25, -0.2) is 9.36 Å². The molecule has 114 valence electrons. The van der Waals surface area contributed by atoms with Gasteiger partial charge < -0.3 is 20.1 Å². The van der Waals surface area contributed by atoms with Crippen LogP contribution in [0.5, 0.6) is 0 Å². The molecule has 0 aliphatic carbocycles. The van der Waals surface area contributed by atoms with Crippen LogP contribution in [-0.4, -0.2) is 54.8 Å². The molecule has 3 rings (SSSR count). The second-order valence-electron chi connectivity index (χ2n) is 4.55. The van der Waals surface area contributed by atoms with Crippen LogP contribution in [0.25, 0.3) is 10.3 Å². The largest absolute Gasteiger partial charge is 0.394 e. The number of rotatable bonds is 2. The third-order valence-electron chi connectivity index (χ3n) is 3.29. The molecule has 0 aromatic carbocycles. The Balaban J connectivity index is 2.24. The molecule has 0 saturated carbocycles. The highest BCUT2D eigenvalue weighted by atomic mass is 32.1. The summed E-state index contributed by atoms with van der Waals surface area (Å²) in [7, 11) is 0.